The van der Waals surface area contributed by atoms with E-state index in [9.17, 15) is 4.79 Å². The highest BCUT2D eigenvalue weighted by atomic mass is 16.5. The second kappa shape index (κ2) is 6.75. The minimum absolute atomic E-state index is 0.0222. The van der Waals surface area contributed by atoms with Gasteiger partial charge in [-0.15, -0.1) is 0 Å². The molecule has 1 aromatic carbocycles. The van der Waals surface area contributed by atoms with Crippen molar-refractivity contribution in [1.82, 2.24) is 5.32 Å². The molecular formula is C20H30N2O2. The Kier molecular flexibility index (Phi) is 4.86. The van der Waals surface area contributed by atoms with E-state index in [1.54, 1.807) is 7.11 Å². The predicted octanol–water partition coefficient (Wildman–Crippen LogP) is 3.34. The molecule has 3 N–H and O–H groups in total. The van der Waals surface area contributed by atoms with Crippen molar-refractivity contribution < 1.29 is 9.53 Å². The molecule has 1 aromatic rings. The first kappa shape index (κ1) is 17.3. The van der Waals surface area contributed by atoms with Gasteiger partial charge in [0.2, 0.25) is 5.91 Å². The Bertz CT molecular complexity index is 608. The molecule has 0 spiro atoms. The van der Waals surface area contributed by atoms with E-state index in [0.29, 0.717) is 18.4 Å². The van der Waals surface area contributed by atoms with E-state index in [0.717, 1.165) is 36.1 Å². The van der Waals surface area contributed by atoms with Crippen LogP contribution >= 0.6 is 0 Å². The second-order valence-electron chi connectivity index (χ2n) is 7.71. The largest absolute Gasteiger partial charge is 0.496 e. The number of amides is 1. The predicted molar refractivity (Wildman–Crippen MR) is 95.8 cm³/mol. The molecule has 3 aliphatic carbocycles. The number of hydrogen-bond donors (Lipinski definition) is 2. The van der Waals surface area contributed by atoms with Crippen molar-refractivity contribution >= 4 is 5.91 Å². The maximum atomic E-state index is 13.1. The molecule has 0 aliphatic heterocycles. The summed E-state index contributed by atoms with van der Waals surface area (Å²) in [6.07, 6.45) is 5.82. The zero-order chi connectivity index (χ0) is 17.3. The summed E-state index contributed by atoms with van der Waals surface area (Å²) in [7, 11) is 1.68. The van der Waals surface area contributed by atoms with Gasteiger partial charge >= 0.3 is 0 Å². The lowest BCUT2D eigenvalue weighted by molar-refractivity contribution is -0.141. The van der Waals surface area contributed by atoms with Crippen LogP contribution in [-0.2, 0) is 4.79 Å². The molecule has 3 fully saturated rings. The summed E-state index contributed by atoms with van der Waals surface area (Å²) in [4.78, 5) is 13.1. The Labute approximate surface area is 145 Å². The van der Waals surface area contributed by atoms with Gasteiger partial charge in [0.15, 0.2) is 0 Å². The number of methoxy groups -OCH3 is 1. The third kappa shape index (κ3) is 2.92. The lowest BCUT2D eigenvalue weighted by Gasteiger charge is -2.50. The molecule has 24 heavy (non-hydrogen) atoms. The summed E-state index contributed by atoms with van der Waals surface area (Å²) in [6, 6.07) is 6.06. The first-order chi connectivity index (χ1) is 11.5. The zero-order valence-electron chi connectivity index (χ0n) is 15.1. The standard InChI is InChI=1S/C20H30N2O2/c1-13-10-16(6-9-18(13)24-3)14(2)22-19(23)20(12-21)11-15-4-7-17(20)8-5-15/h6,9-10,14-15,17H,4-5,7-8,11-12,21H2,1-3H3,(H,22,23)/t14-,15?,17?,20?/m1/s1. The topological polar surface area (TPSA) is 64.3 Å². The highest BCUT2D eigenvalue weighted by molar-refractivity contribution is 5.84. The smallest absolute Gasteiger partial charge is 0.228 e. The number of ether oxygens (including phenoxy) is 1. The molecule has 0 saturated heterocycles. The fourth-order valence-corrected chi connectivity index (χ4v) is 4.82. The Morgan fingerprint density at radius 2 is 2.08 bits per heavy atom. The molecule has 2 bridgehead atoms. The molecule has 132 valence electrons. The van der Waals surface area contributed by atoms with Crippen LogP contribution in [0.3, 0.4) is 0 Å². The molecule has 1 amide bonds. The summed E-state index contributed by atoms with van der Waals surface area (Å²) >= 11 is 0. The van der Waals surface area contributed by atoms with Gasteiger partial charge in [0.1, 0.15) is 5.75 Å². The fraction of sp³-hybridized carbons (Fsp3) is 0.650. The van der Waals surface area contributed by atoms with Gasteiger partial charge in [-0.3, -0.25) is 4.79 Å². The summed E-state index contributed by atoms with van der Waals surface area (Å²) in [5, 5.41) is 3.25. The van der Waals surface area contributed by atoms with E-state index < -0.39 is 0 Å². The quantitative estimate of drug-likeness (QED) is 0.870. The third-order valence-electron chi connectivity index (χ3n) is 6.36. The van der Waals surface area contributed by atoms with Gasteiger partial charge in [-0.05, 0) is 62.1 Å². The molecule has 2 atom stereocenters. The number of rotatable bonds is 5. The molecule has 4 nitrogen and oxygen atoms in total. The van der Waals surface area contributed by atoms with Crippen LogP contribution in [-0.4, -0.2) is 19.6 Å². The van der Waals surface area contributed by atoms with Crippen LogP contribution < -0.4 is 15.8 Å². The maximum Gasteiger partial charge on any atom is 0.228 e. The van der Waals surface area contributed by atoms with Crippen molar-refractivity contribution in [2.24, 2.45) is 23.0 Å². The van der Waals surface area contributed by atoms with Gasteiger partial charge in [-0.1, -0.05) is 25.0 Å². The molecule has 0 heterocycles. The lowest BCUT2D eigenvalue weighted by Crippen LogP contribution is -2.56. The molecule has 4 rings (SSSR count). The zero-order valence-corrected chi connectivity index (χ0v) is 15.1. The van der Waals surface area contributed by atoms with E-state index in [2.05, 4.69) is 11.4 Å². The number of benzene rings is 1. The summed E-state index contributed by atoms with van der Waals surface area (Å²) < 4.78 is 5.32. The Hall–Kier alpha value is -1.55. The lowest BCUT2D eigenvalue weighted by atomic mass is 9.55. The van der Waals surface area contributed by atoms with E-state index in [1.165, 1.54) is 12.8 Å². The van der Waals surface area contributed by atoms with Crippen LogP contribution in [0.2, 0.25) is 0 Å². The first-order valence-electron chi connectivity index (χ1n) is 9.15. The minimum Gasteiger partial charge on any atom is -0.496 e. The number of nitrogens with two attached hydrogens (primary N) is 1. The molecule has 3 aliphatic rings. The Morgan fingerprint density at radius 3 is 2.58 bits per heavy atom. The van der Waals surface area contributed by atoms with Crippen molar-refractivity contribution in [2.75, 3.05) is 13.7 Å². The van der Waals surface area contributed by atoms with E-state index in [-0.39, 0.29) is 17.4 Å². The van der Waals surface area contributed by atoms with Crippen LogP contribution in [0.25, 0.3) is 0 Å². The van der Waals surface area contributed by atoms with Crippen LogP contribution in [0.15, 0.2) is 18.2 Å². The summed E-state index contributed by atoms with van der Waals surface area (Å²) in [5.41, 5.74) is 7.97. The Morgan fingerprint density at radius 1 is 1.38 bits per heavy atom. The van der Waals surface area contributed by atoms with Crippen LogP contribution in [0.1, 0.15) is 56.2 Å². The second-order valence-corrected chi connectivity index (χ2v) is 7.71. The first-order valence-corrected chi connectivity index (χ1v) is 9.15. The van der Waals surface area contributed by atoms with Crippen LogP contribution in [0.4, 0.5) is 0 Å². The van der Waals surface area contributed by atoms with Crippen molar-refractivity contribution in [1.29, 1.82) is 0 Å². The van der Waals surface area contributed by atoms with Crippen molar-refractivity contribution in [3.63, 3.8) is 0 Å². The van der Waals surface area contributed by atoms with Gasteiger partial charge in [0.25, 0.3) is 0 Å². The molecule has 1 unspecified atom stereocenters. The van der Waals surface area contributed by atoms with Crippen LogP contribution in [0.5, 0.6) is 5.75 Å². The highest BCUT2D eigenvalue weighted by Crippen LogP contribution is 2.52. The number of hydrogen-bond acceptors (Lipinski definition) is 3. The van der Waals surface area contributed by atoms with Gasteiger partial charge in [-0.2, -0.15) is 0 Å². The molecule has 4 heteroatoms. The van der Waals surface area contributed by atoms with E-state index in [1.807, 2.05) is 26.0 Å². The maximum absolute atomic E-state index is 13.1. The highest BCUT2D eigenvalue weighted by Gasteiger charge is 2.51. The van der Waals surface area contributed by atoms with Crippen LogP contribution in [0, 0.1) is 24.2 Å². The number of carbonyl (C=O) groups is 1. The number of nitrogens with one attached hydrogen (secondary N) is 1. The van der Waals surface area contributed by atoms with E-state index in [4.69, 9.17) is 10.5 Å². The fourth-order valence-electron chi connectivity index (χ4n) is 4.82. The number of carbonyl (C=O) groups excluding carboxylic acids is 1. The third-order valence-corrected chi connectivity index (χ3v) is 6.36. The monoisotopic (exact) mass is 330 g/mol. The van der Waals surface area contributed by atoms with Crippen molar-refractivity contribution in [3.8, 4) is 5.75 Å². The van der Waals surface area contributed by atoms with E-state index >= 15 is 0 Å². The Balaban J connectivity index is 1.74. The molecule has 0 radical (unpaired) electrons. The SMILES string of the molecule is COc1ccc([C@@H](C)NC(=O)C2(CN)CC3CCC2CC3)cc1C. The average molecular weight is 330 g/mol. The molecular weight excluding hydrogens is 300 g/mol. The van der Waals surface area contributed by atoms with Gasteiger partial charge < -0.3 is 15.8 Å². The number of fused-ring (bicyclic) bond motifs is 3. The molecule has 0 aromatic heterocycles. The molecule has 3 saturated carbocycles. The van der Waals surface area contributed by atoms with Gasteiger partial charge in [-0.25, -0.2) is 0 Å². The van der Waals surface area contributed by atoms with Gasteiger partial charge in [0.05, 0.1) is 18.6 Å². The summed E-state index contributed by atoms with van der Waals surface area (Å²) in [6.45, 7) is 4.54. The van der Waals surface area contributed by atoms with Crippen molar-refractivity contribution in [3.05, 3.63) is 29.3 Å². The average Bonchev–Trinajstić information content (AvgIpc) is 2.62. The van der Waals surface area contributed by atoms with Crippen molar-refractivity contribution in [2.45, 2.75) is 52.0 Å². The minimum atomic E-state index is -0.350. The number of aryl methyl sites for hydroxylation is 1. The normalized spacial score (nSPS) is 30.0. The van der Waals surface area contributed by atoms with Gasteiger partial charge in [0, 0.05) is 6.54 Å². The summed E-state index contributed by atoms with van der Waals surface area (Å²) in [5.74, 6) is 2.17.